The van der Waals surface area contributed by atoms with E-state index in [1.54, 1.807) is 12.1 Å². The molecule has 0 atom stereocenters. The third kappa shape index (κ3) is 4.36. The van der Waals surface area contributed by atoms with Crippen molar-refractivity contribution in [1.82, 2.24) is 10.2 Å². The summed E-state index contributed by atoms with van der Waals surface area (Å²) in [6.07, 6.45) is -3.70. The van der Waals surface area contributed by atoms with Crippen molar-refractivity contribution in [3.05, 3.63) is 46.6 Å². The number of anilines is 1. The highest BCUT2D eigenvalue weighted by atomic mass is 32.2. The van der Waals surface area contributed by atoms with Crippen LogP contribution in [-0.4, -0.2) is 21.6 Å². The van der Waals surface area contributed by atoms with Gasteiger partial charge in [0.25, 0.3) is 0 Å². The van der Waals surface area contributed by atoms with Gasteiger partial charge in [0.1, 0.15) is 0 Å². The number of alkyl halides is 3. The van der Waals surface area contributed by atoms with E-state index < -0.39 is 11.7 Å². The SMILES string of the molecule is CCc1cc2c(nn1)SC(SCc1ccc(C(F)(F)F)cc1C#N)=NN2C. The zero-order valence-electron chi connectivity index (χ0n) is 14.4. The minimum absolute atomic E-state index is 0.0138. The third-order valence-corrected chi connectivity index (χ3v) is 5.95. The summed E-state index contributed by atoms with van der Waals surface area (Å²) in [5.74, 6) is 0.330. The van der Waals surface area contributed by atoms with Gasteiger partial charge < -0.3 is 0 Å². The van der Waals surface area contributed by atoms with Crippen molar-refractivity contribution in [3.8, 4) is 6.07 Å². The molecule has 27 heavy (non-hydrogen) atoms. The number of hydrogen-bond acceptors (Lipinski definition) is 7. The van der Waals surface area contributed by atoms with Crippen molar-refractivity contribution in [3.63, 3.8) is 0 Å². The Balaban J connectivity index is 1.75. The van der Waals surface area contributed by atoms with E-state index in [0.29, 0.717) is 15.7 Å². The lowest BCUT2D eigenvalue weighted by Gasteiger charge is -2.22. The van der Waals surface area contributed by atoms with E-state index in [9.17, 15) is 18.4 Å². The molecule has 0 aliphatic carbocycles. The van der Waals surface area contributed by atoms with E-state index in [0.717, 1.165) is 35.0 Å². The number of nitriles is 1. The first-order chi connectivity index (χ1) is 12.8. The molecular formula is C17H14F3N5S2. The highest BCUT2D eigenvalue weighted by molar-refractivity contribution is 8.38. The van der Waals surface area contributed by atoms with Crippen molar-refractivity contribution >= 4 is 33.6 Å². The Bertz CT molecular complexity index is 937. The summed E-state index contributed by atoms with van der Waals surface area (Å²) in [6, 6.07) is 6.99. The molecule has 1 aromatic carbocycles. The number of benzene rings is 1. The van der Waals surface area contributed by atoms with Crippen molar-refractivity contribution in [2.75, 3.05) is 12.1 Å². The summed E-state index contributed by atoms with van der Waals surface area (Å²) in [5, 5.41) is 24.4. The van der Waals surface area contributed by atoms with E-state index in [2.05, 4.69) is 15.3 Å². The Kier molecular flexibility index (Phi) is 5.62. The molecule has 0 saturated heterocycles. The lowest BCUT2D eigenvalue weighted by atomic mass is 10.1. The monoisotopic (exact) mass is 409 g/mol. The number of hydrazone groups is 1. The summed E-state index contributed by atoms with van der Waals surface area (Å²) in [5.41, 5.74) is 1.45. The molecule has 2 aromatic rings. The molecule has 0 unspecified atom stereocenters. The molecule has 2 heterocycles. The lowest BCUT2D eigenvalue weighted by Crippen LogP contribution is -2.17. The maximum absolute atomic E-state index is 12.8. The van der Waals surface area contributed by atoms with Crippen LogP contribution in [0.15, 0.2) is 34.4 Å². The molecule has 0 radical (unpaired) electrons. The van der Waals surface area contributed by atoms with Gasteiger partial charge in [-0.3, -0.25) is 5.01 Å². The number of fused-ring (bicyclic) bond motifs is 1. The summed E-state index contributed by atoms with van der Waals surface area (Å²) in [6.45, 7) is 1.99. The van der Waals surface area contributed by atoms with Crippen LogP contribution in [0.1, 0.15) is 29.3 Å². The van der Waals surface area contributed by atoms with E-state index in [1.165, 1.54) is 29.6 Å². The van der Waals surface area contributed by atoms with Crippen LogP contribution in [0.2, 0.25) is 0 Å². The average Bonchev–Trinajstić information content (AvgIpc) is 2.65. The predicted octanol–water partition coefficient (Wildman–Crippen LogP) is 4.68. The van der Waals surface area contributed by atoms with Crippen molar-refractivity contribution < 1.29 is 13.2 Å². The lowest BCUT2D eigenvalue weighted by molar-refractivity contribution is -0.137. The number of aromatic nitrogens is 2. The topological polar surface area (TPSA) is 65.2 Å². The Hall–Kier alpha value is -2.25. The normalized spacial score (nSPS) is 13.8. The first-order valence-corrected chi connectivity index (χ1v) is 9.71. The number of aryl methyl sites for hydroxylation is 1. The van der Waals surface area contributed by atoms with Crippen molar-refractivity contribution in [2.24, 2.45) is 5.10 Å². The van der Waals surface area contributed by atoms with Crippen LogP contribution in [0.5, 0.6) is 0 Å². The number of hydrogen-bond donors (Lipinski definition) is 0. The second-order valence-corrected chi connectivity index (χ2v) is 7.84. The van der Waals surface area contributed by atoms with Gasteiger partial charge in [0.2, 0.25) is 0 Å². The highest BCUT2D eigenvalue weighted by Crippen LogP contribution is 2.38. The van der Waals surface area contributed by atoms with Crippen molar-refractivity contribution in [1.29, 1.82) is 5.26 Å². The maximum Gasteiger partial charge on any atom is 0.416 e. The standard InChI is InChI=1S/C17H14F3N5S2/c1-3-13-7-14-15(23-22-13)27-16(24-25(14)2)26-9-10-4-5-12(17(18,19)20)6-11(10)8-21/h4-7H,3,9H2,1-2H3. The Labute approximate surface area is 162 Å². The second kappa shape index (κ2) is 7.78. The molecule has 0 saturated carbocycles. The van der Waals surface area contributed by atoms with Crippen LogP contribution < -0.4 is 5.01 Å². The smallest absolute Gasteiger partial charge is 0.264 e. The molecule has 1 aliphatic rings. The van der Waals surface area contributed by atoms with E-state index in [-0.39, 0.29) is 5.56 Å². The van der Waals surface area contributed by atoms with Crippen LogP contribution in [0, 0.1) is 11.3 Å². The van der Waals surface area contributed by atoms with E-state index >= 15 is 0 Å². The second-order valence-electron chi connectivity index (χ2n) is 5.64. The van der Waals surface area contributed by atoms with Crippen LogP contribution >= 0.6 is 23.5 Å². The maximum atomic E-state index is 12.8. The Morgan fingerprint density at radius 3 is 2.70 bits per heavy atom. The fourth-order valence-corrected chi connectivity index (χ4v) is 4.41. The van der Waals surface area contributed by atoms with Gasteiger partial charge in [-0.1, -0.05) is 24.8 Å². The summed E-state index contributed by atoms with van der Waals surface area (Å²) in [4.78, 5) is 0. The molecule has 1 aromatic heterocycles. The van der Waals surface area contributed by atoms with Crippen LogP contribution in [-0.2, 0) is 18.3 Å². The molecule has 3 rings (SSSR count). The predicted molar refractivity (Wildman–Crippen MR) is 101 cm³/mol. The van der Waals surface area contributed by atoms with Crippen LogP contribution in [0.25, 0.3) is 0 Å². The molecule has 140 valence electrons. The van der Waals surface area contributed by atoms with Gasteiger partial charge in [0, 0.05) is 12.8 Å². The number of thioether (sulfide) groups is 2. The number of halogens is 3. The third-order valence-electron chi connectivity index (χ3n) is 3.83. The first-order valence-electron chi connectivity index (χ1n) is 7.91. The molecule has 1 aliphatic heterocycles. The minimum Gasteiger partial charge on any atom is -0.264 e. The Morgan fingerprint density at radius 1 is 1.26 bits per heavy atom. The minimum atomic E-state index is -4.47. The van der Waals surface area contributed by atoms with Gasteiger partial charge in [-0.15, -0.1) is 5.10 Å². The van der Waals surface area contributed by atoms with Crippen molar-refractivity contribution in [2.45, 2.75) is 30.3 Å². The first kappa shape index (κ1) is 19.5. The quantitative estimate of drug-likeness (QED) is 0.734. The zero-order chi connectivity index (χ0) is 19.6. The van der Waals surface area contributed by atoms with Gasteiger partial charge in [0.05, 0.1) is 28.6 Å². The summed E-state index contributed by atoms with van der Waals surface area (Å²) < 4.78 is 39.1. The van der Waals surface area contributed by atoms with Gasteiger partial charge in [-0.05, 0) is 41.9 Å². The highest BCUT2D eigenvalue weighted by Gasteiger charge is 2.31. The molecule has 10 heteroatoms. The van der Waals surface area contributed by atoms with Gasteiger partial charge >= 0.3 is 6.18 Å². The molecule has 0 fully saturated rings. The molecule has 0 bridgehead atoms. The molecule has 5 nitrogen and oxygen atoms in total. The van der Waals surface area contributed by atoms with Gasteiger partial charge in [0.15, 0.2) is 9.40 Å². The van der Waals surface area contributed by atoms with Crippen LogP contribution in [0.4, 0.5) is 18.9 Å². The summed E-state index contributed by atoms with van der Waals surface area (Å²) >= 11 is 2.70. The van der Waals surface area contributed by atoms with Gasteiger partial charge in [-0.2, -0.15) is 28.6 Å². The molecule has 0 amide bonds. The number of nitrogens with zero attached hydrogens (tertiary/aromatic N) is 5. The zero-order valence-corrected chi connectivity index (χ0v) is 16.0. The van der Waals surface area contributed by atoms with Gasteiger partial charge in [-0.25, -0.2) is 0 Å². The van der Waals surface area contributed by atoms with Crippen LogP contribution in [0.3, 0.4) is 0 Å². The Morgan fingerprint density at radius 2 is 2.04 bits per heavy atom. The molecular weight excluding hydrogens is 395 g/mol. The molecule has 0 spiro atoms. The largest absolute Gasteiger partial charge is 0.416 e. The summed E-state index contributed by atoms with van der Waals surface area (Å²) in [7, 11) is 1.80. The molecule has 0 N–H and O–H groups in total. The fraction of sp³-hybridized carbons (Fsp3) is 0.294. The van der Waals surface area contributed by atoms with E-state index in [4.69, 9.17) is 0 Å². The fourth-order valence-electron chi connectivity index (χ4n) is 2.35. The number of rotatable bonds is 3. The average molecular weight is 409 g/mol. The van der Waals surface area contributed by atoms with E-state index in [1.807, 2.05) is 19.1 Å².